The molecule has 8 heteroatoms. The number of nitro benzene ring substituents is 1. The number of nitrogens with zero attached hydrogens (tertiary/aromatic N) is 1. The molecule has 0 radical (unpaired) electrons. The van der Waals surface area contributed by atoms with Crippen LogP contribution in [0.25, 0.3) is 0 Å². The molecule has 21 heavy (non-hydrogen) atoms. The monoisotopic (exact) mass is 317 g/mol. The first-order valence-electron chi connectivity index (χ1n) is 6.21. The molecule has 118 valence electrons. The Kier molecular flexibility index (Phi) is 7.69. The number of nitro groups is 1. The van der Waals surface area contributed by atoms with Crippen LogP contribution in [0.5, 0.6) is 5.75 Å². The van der Waals surface area contributed by atoms with E-state index in [1.165, 1.54) is 12.1 Å². The number of rotatable bonds is 7. The minimum absolute atomic E-state index is 0. The predicted molar refractivity (Wildman–Crippen MR) is 81.7 cm³/mol. The highest BCUT2D eigenvalue weighted by atomic mass is 35.5. The molecule has 0 unspecified atom stereocenters. The number of hydrogen-bond donors (Lipinski definition) is 2. The van der Waals surface area contributed by atoms with Crippen molar-refractivity contribution in [1.29, 1.82) is 0 Å². The summed E-state index contributed by atoms with van der Waals surface area (Å²) < 4.78 is 5.27. The summed E-state index contributed by atoms with van der Waals surface area (Å²) in [6.45, 7) is 4.03. The van der Waals surface area contributed by atoms with Gasteiger partial charge in [0.05, 0.1) is 18.0 Å². The fourth-order valence-electron chi connectivity index (χ4n) is 1.40. The van der Waals surface area contributed by atoms with Gasteiger partial charge in [0.15, 0.2) is 5.75 Å². The van der Waals surface area contributed by atoms with Gasteiger partial charge < -0.3 is 15.8 Å². The Morgan fingerprint density at radius 2 is 2.05 bits per heavy atom. The standard InChI is InChI=1S/C13H19N3O4.ClH/c1-13(2,14)9-15-12(17)7-8-20-11-6-4-3-5-10(11)16(18)19;/h3-6H,7-9,14H2,1-2H3,(H,15,17);1H. The third kappa shape index (κ3) is 7.48. The molecule has 1 aromatic rings. The summed E-state index contributed by atoms with van der Waals surface area (Å²) in [5.74, 6) is -0.0495. The molecule has 0 aliphatic rings. The Morgan fingerprint density at radius 3 is 2.62 bits per heavy atom. The van der Waals surface area contributed by atoms with E-state index >= 15 is 0 Å². The highest BCUT2D eigenvalue weighted by Crippen LogP contribution is 2.25. The third-order valence-electron chi connectivity index (χ3n) is 2.39. The van der Waals surface area contributed by atoms with E-state index in [4.69, 9.17) is 10.5 Å². The highest BCUT2D eigenvalue weighted by Gasteiger charge is 2.15. The van der Waals surface area contributed by atoms with Gasteiger partial charge in [-0.05, 0) is 19.9 Å². The second-order valence-corrected chi connectivity index (χ2v) is 5.09. The number of carbonyl (C=O) groups is 1. The van der Waals surface area contributed by atoms with Crippen molar-refractivity contribution in [2.75, 3.05) is 13.2 Å². The fourth-order valence-corrected chi connectivity index (χ4v) is 1.40. The zero-order valence-corrected chi connectivity index (χ0v) is 12.8. The number of hydrogen-bond acceptors (Lipinski definition) is 5. The van der Waals surface area contributed by atoms with Crippen LogP contribution < -0.4 is 15.8 Å². The molecule has 1 amide bonds. The topological polar surface area (TPSA) is 107 Å². The summed E-state index contributed by atoms with van der Waals surface area (Å²) in [6, 6.07) is 6.05. The van der Waals surface area contributed by atoms with Crippen LogP contribution in [-0.4, -0.2) is 29.5 Å². The average molecular weight is 318 g/mol. The summed E-state index contributed by atoms with van der Waals surface area (Å²) in [6.07, 6.45) is 0.113. The lowest BCUT2D eigenvalue weighted by atomic mass is 10.1. The van der Waals surface area contributed by atoms with Gasteiger partial charge in [0.2, 0.25) is 5.91 Å². The number of halogens is 1. The van der Waals surface area contributed by atoms with E-state index in [1.54, 1.807) is 26.0 Å². The first-order chi connectivity index (χ1) is 9.29. The van der Waals surface area contributed by atoms with Gasteiger partial charge in [0.1, 0.15) is 0 Å². The Morgan fingerprint density at radius 1 is 1.43 bits per heavy atom. The van der Waals surface area contributed by atoms with Crippen molar-refractivity contribution >= 4 is 24.0 Å². The van der Waals surface area contributed by atoms with E-state index < -0.39 is 10.5 Å². The summed E-state index contributed by atoms with van der Waals surface area (Å²) in [7, 11) is 0. The molecule has 1 aromatic carbocycles. The highest BCUT2D eigenvalue weighted by molar-refractivity contribution is 5.85. The number of nitrogens with two attached hydrogens (primary N) is 1. The number of amides is 1. The maximum atomic E-state index is 11.5. The van der Waals surface area contributed by atoms with Crippen LogP contribution in [0.15, 0.2) is 24.3 Å². The smallest absolute Gasteiger partial charge is 0.310 e. The molecule has 0 saturated carbocycles. The molecule has 0 bridgehead atoms. The van der Waals surface area contributed by atoms with Gasteiger partial charge in [0, 0.05) is 18.2 Å². The van der Waals surface area contributed by atoms with Gasteiger partial charge >= 0.3 is 5.69 Å². The zero-order valence-electron chi connectivity index (χ0n) is 12.0. The Bertz CT molecular complexity index is 489. The second-order valence-electron chi connectivity index (χ2n) is 5.09. The SMILES string of the molecule is CC(C)(N)CNC(=O)CCOc1ccccc1[N+](=O)[O-].Cl. The van der Waals surface area contributed by atoms with Crippen LogP contribution in [0.2, 0.25) is 0 Å². The molecule has 1 rings (SSSR count). The van der Waals surface area contributed by atoms with Crippen molar-refractivity contribution in [3.63, 3.8) is 0 Å². The van der Waals surface area contributed by atoms with Crippen LogP contribution in [0, 0.1) is 10.1 Å². The average Bonchev–Trinajstić information content (AvgIpc) is 2.36. The molecule has 0 atom stereocenters. The summed E-state index contributed by atoms with van der Waals surface area (Å²) in [4.78, 5) is 21.8. The van der Waals surface area contributed by atoms with Crippen molar-refractivity contribution in [3.05, 3.63) is 34.4 Å². The van der Waals surface area contributed by atoms with Gasteiger partial charge in [0.25, 0.3) is 0 Å². The second kappa shape index (κ2) is 8.43. The lowest BCUT2D eigenvalue weighted by Crippen LogP contribution is -2.45. The molecule has 0 spiro atoms. The number of ether oxygens (including phenoxy) is 1. The molecule has 0 aliphatic heterocycles. The lowest BCUT2D eigenvalue weighted by Gasteiger charge is -2.18. The van der Waals surface area contributed by atoms with E-state index in [2.05, 4.69) is 5.32 Å². The van der Waals surface area contributed by atoms with Crippen LogP contribution in [-0.2, 0) is 4.79 Å². The van der Waals surface area contributed by atoms with Gasteiger partial charge in [-0.1, -0.05) is 12.1 Å². The van der Waals surface area contributed by atoms with Gasteiger partial charge in [-0.3, -0.25) is 14.9 Å². The maximum Gasteiger partial charge on any atom is 0.310 e. The van der Waals surface area contributed by atoms with Gasteiger partial charge in [-0.25, -0.2) is 0 Å². The predicted octanol–water partition coefficient (Wildman–Crippen LogP) is 1.64. The van der Waals surface area contributed by atoms with Crippen molar-refractivity contribution in [3.8, 4) is 5.75 Å². The maximum absolute atomic E-state index is 11.5. The van der Waals surface area contributed by atoms with E-state index in [0.29, 0.717) is 6.54 Å². The van der Waals surface area contributed by atoms with Crippen LogP contribution in [0.4, 0.5) is 5.69 Å². The van der Waals surface area contributed by atoms with E-state index in [-0.39, 0.29) is 42.8 Å². The zero-order chi connectivity index (χ0) is 15.2. The molecule has 7 nitrogen and oxygen atoms in total. The lowest BCUT2D eigenvalue weighted by molar-refractivity contribution is -0.385. The van der Waals surface area contributed by atoms with E-state index in [9.17, 15) is 14.9 Å². The number of benzene rings is 1. The van der Waals surface area contributed by atoms with Crippen molar-refractivity contribution in [1.82, 2.24) is 5.32 Å². The molecular weight excluding hydrogens is 298 g/mol. The Labute approximate surface area is 129 Å². The Balaban J connectivity index is 0.00000400. The summed E-state index contributed by atoms with van der Waals surface area (Å²) in [5, 5.41) is 13.4. The number of nitrogens with one attached hydrogen (secondary N) is 1. The van der Waals surface area contributed by atoms with Gasteiger partial charge in [-0.15, -0.1) is 12.4 Å². The molecule has 0 heterocycles. The van der Waals surface area contributed by atoms with E-state index in [1.807, 2.05) is 0 Å². The third-order valence-corrected chi connectivity index (χ3v) is 2.39. The molecule has 0 saturated heterocycles. The molecule has 0 fully saturated rings. The first-order valence-corrected chi connectivity index (χ1v) is 6.21. The largest absolute Gasteiger partial charge is 0.486 e. The molecule has 0 aliphatic carbocycles. The van der Waals surface area contributed by atoms with Crippen LogP contribution in [0.1, 0.15) is 20.3 Å². The summed E-state index contributed by atoms with van der Waals surface area (Å²) in [5.41, 5.74) is 5.14. The van der Waals surface area contributed by atoms with Crippen molar-refractivity contribution in [2.24, 2.45) is 5.73 Å². The van der Waals surface area contributed by atoms with E-state index in [0.717, 1.165) is 0 Å². The molecule has 3 N–H and O–H groups in total. The fraction of sp³-hybridized carbons (Fsp3) is 0.462. The quantitative estimate of drug-likeness (QED) is 0.587. The van der Waals surface area contributed by atoms with Crippen molar-refractivity contribution < 1.29 is 14.5 Å². The summed E-state index contributed by atoms with van der Waals surface area (Å²) >= 11 is 0. The van der Waals surface area contributed by atoms with Crippen molar-refractivity contribution in [2.45, 2.75) is 25.8 Å². The minimum atomic E-state index is -0.521. The minimum Gasteiger partial charge on any atom is -0.486 e. The normalized spacial score (nSPS) is 10.4. The molecule has 0 aromatic heterocycles. The number of para-hydroxylation sites is 2. The van der Waals surface area contributed by atoms with Crippen LogP contribution in [0.3, 0.4) is 0 Å². The Hall–Kier alpha value is -1.86. The number of carbonyl (C=O) groups excluding carboxylic acids is 1. The van der Waals surface area contributed by atoms with Crippen LogP contribution >= 0.6 is 12.4 Å². The van der Waals surface area contributed by atoms with Gasteiger partial charge in [-0.2, -0.15) is 0 Å². The first kappa shape index (κ1) is 19.1. The molecular formula is C13H20ClN3O4.